The molecule has 19 heavy (non-hydrogen) atoms. The first kappa shape index (κ1) is 16.4. The fourth-order valence-corrected chi connectivity index (χ4v) is 3.06. The maximum atomic E-state index is 11.6. The van der Waals surface area contributed by atoms with Crippen LogP contribution in [0.15, 0.2) is 0 Å². The van der Waals surface area contributed by atoms with Gasteiger partial charge in [0, 0.05) is 19.6 Å². The van der Waals surface area contributed by atoms with Gasteiger partial charge in [-0.3, -0.25) is 4.79 Å². The lowest BCUT2D eigenvalue weighted by Gasteiger charge is -2.34. The molecule has 3 atom stereocenters. The summed E-state index contributed by atoms with van der Waals surface area (Å²) < 4.78 is 0. The summed E-state index contributed by atoms with van der Waals surface area (Å²) in [7, 11) is 0. The molecule has 1 rings (SSSR count). The first-order valence-corrected chi connectivity index (χ1v) is 7.78. The quantitative estimate of drug-likeness (QED) is 0.690. The van der Waals surface area contributed by atoms with E-state index >= 15 is 0 Å². The summed E-state index contributed by atoms with van der Waals surface area (Å²) in [4.78, 5) is 14.2. The summed E-state index contributed by atoms with van der Waals surface area (Å²) in [5.74, 6) is 1.61. The van der Waals surface area contributed by atoms with Gasteiger partial charge in [-0.15, -0.1) is 0 Å². The number of piperidine rings is 1. The van der Waals surface area contributed by atoms with Crippen molar-refractivity contribution in [3.05, 3.63) is 0 Å². The summed E-state index contributed by atoms with van der Waals surface area (Å²) in [5.41, 5.74) is 5.77. The van der Waals surface area contributed by atoms with Crippen molar-refractivity contribution >= 4 is 5.91 Å². The summed E-state index contributed by atoms with van der Waals surface area (Å²) >= 11 is 0. The number of rotatable bonds is 7. The van der Waals surface area contributed by atoms with Crippen LogP contribution in [0.25, 0.3) is 0 Å². The minimum atomic E-state index is -0.333. The lowest BCUT2D eigenvalue weighted by atomic mass is 9.92. The second-order valence-electron chi connectivity index (χ2n) is 6.25. The Hall–Kier alpha value is -0.610. The van der Waals surface area contributed by atoms with Crippen molar-refractivity contribution in [2.45, 2.75) is 52.5 Å². The molecular weight excluding hydrogens is 238 g/mol. The number of carbonyl (C=O) groups excluding carboxylic acids is 1. The van der Waals surface area contributed by atoms with Crippen LogP contribution in [0.3, 0.4) is 0 Å². The molecule has 0 aromatic carbocycles. The largest absolute Gasteiger partial charge is 0.355 e. The zero-order valence-corrected chi connectivity index (χ0v) is 12.8. The number of nitrogens with zero attached hydrogens (tertiary/aromatic N) is 1. The highest BCUT2D eigenvalue weighted by Crippen LogP contribution is 2.20. The van der Waals surface area contributed by atoms with E-state index in [1.165, 1.54) is 19.5 Å². The fourth-order valence-electron chi connectivity index (χ4n) is 3.06. The van der Waals surface area contributed by atoms with E-state index < -0.39 is 0 Å². The second-order valence-corrected chi connectivity index (χ2v) is 6.25. The van der Waals surface area contributed by atoms with Gasteiger partial charge in [-0.1, -0.05) is 27.2 Å². The SMILES string of the molecule is CCCC(N)C(=O)NCCCN1CC(C)CC(C)C1. The monoisotopic (exact) mass is 269 g/mol. The van der Waals surface area contributed by atoms with Gasteiger partial charge >= 0.3 is 0 Å². The average molecular weight is 269 g/mol. The first-order valence-electron chi connectivity index (χ1n) is 7.78. The molecule has 3 N–H and O–H groups in total. The predicted molar refractivity (Wildman–Crippen MR) is 79.9 cm³/mol. The zero-order valence-electron chi connectivity index (χ0n) is 12.8. The van der Waals surface area contributed by atoms with Crippen molar-refractivity contribution in [2.24, 2.45) is 17.6 Å². The lowest BCUT2D eigenvalue weighted by molar-refractivity contribution is -0.122. The van der Waals surface area contributed by atoms with Crippen molar-refractivity contribution < 1.29 is 4.79 Å². The Kier molecular flexibility index (Phi) is 7.39. The van der Waals surface area contributed by atoms with Gasteiger partial charge in [-0.05, 0) is 37.6 Å². The molecule has 4 heteroatoms. The van der Waals surface area contributed by atoms with E-state index in [1.807, 2.05) is 6.92 Å². The summed E-state index contributed by atoms with van der Waals surface area (Å²) in [6.45, 7) is 10.9. The van der Waals surface area contributed by atoms with Gasteiger partial charge < -0.3 is 16.0 Å². The molecule has 1 heterocycles. The second kappa shape index (κ2) is 8.54. The maximum absolute atomic E-state index is 11.6. The van der Waals surface area contributed by atoms with E-state index in [0.717, 1.165) is 44.2 Å². The Labute approximate surface area is 118 Å². The number of hydrogen-bond acceptors (Lipinski definition) is 3. The topological polar surface area (TPSA) is 58.4 Å². The third-order valence-electron chi connectivity index (χ3n) is 3.83. The Bertz CT molecular complexity index is 260. The predicted octanol–water partition coefficient (Wildman–Crippen LogP) is 1.60. The molecule has 1 saturated heterocycles. The van der Waals surface area contributed by atoms with Crippen LogP contribution in [0.5, 0.6) is 0 Å². The Balaban J connectivity index is 2.11. The number of nitrogens with two attached hydrogens (primary N) is 1. The van der Waals surface area contributed by atoms with Crippen molar-refractivity contribution in [3.63, 3.8) is 0 Å². The normalized spacial score (nSPS) is 26.1. The molecular formula is C15H31N3O. The van der Waals surface area contributed by atoms with Crippen molar-refractivity contribution in [1.82, 2.24) is 10.2 Å². The minimum absolute atomic E-state index is 0.00207. The highest BCUT2D eigenvalue weighted by atomic mass is 16.2. The number of hydrogen-bond donors (Lipinski definition) is 2. The molecule has 0 spiro atoms. The van der Waals surface area contributed by atoms with Crippen molar-refractivity contribution in [1.29, 1.82) is 0 Å². The molecule has 0 bridgehead atoms. The van der Waals surface area contributed by atoms with E-state index in [0.29, 0.717) is 0 Å². The van der Waals surface area contributed by atoms with Crippen LogP contribution in [0, 0.1) is 11.8 Å². The van der Waals surface area contributed by atoms with Crippen molar-refractivity contribution in [3.8, 4) is 0 Å². The molecule has 112 valence electrons. The van der Waals surface area contributed by atoms with E-state index in [9.17, 15) is 4.79 Å². The Morgan fingerprint density at radius 3 is 2.58 bits per heavy atom. The smallest absolute Gasteiger partial charge is 0.236 e. The molecule has 1 fully saturated rings. The van der Waals surface area contributed by atoms with Crippen molar-refractivity contribution in [2.75, 3.05) is 26.2 Å². The van der Waals surface area contributed by atoms with Crippen LogP contribution in [0.1, 0.15) is 46.5 Å². The highest BCUT2D eigenvalue weighted by Gasteiger charge is 2.21. The summed E-state index contributed by atoms with van der Waals surface area (Å²) in [6, 6.07) is -0.333. The van der Waals surface area contributed by atoms with Crippen LogP contribution in [0.2, 0.25) is 0 Å². The van der Waals surface area contributed by atoms with Gasteiger partial charge in [-0.25, -0.2) is 0 Å². The van der Waals surface area contributed by atoms with E-state index in [-0.39, 0.29) is 11.9 Å². The van der Waals surface area contributed by atoms with Gasteiger partial charge in [0.05, 0.1) is 6.04 Å². The number of nitrogens with one attached hydrogen (secondary N) is 1. The van der Waals surface area contributed by atoms with Crippen LogP contribution in [-0.2, 0) is 4.79 Å². The fraction of sp³-hybridized carbons (Fsp3) is 0.933. The molecule has 0 aromatic heterocycles. The average Bonchev–Trinajstić information content (AvgIpc) is 2.33. The van der Waals surface area contributed by atoms with Crippen LogP contribution < -0.4 is 11.1 Å². The third kappa shape index (κ3) is 6.39. The standard InChI is InChI=1S/C15H31N3O/c1-4-6-14(16)15(19)17-7-5-8-18-10-12(2)9-13(3)11-18/h12-14H,4-11,16H2,1-3H3,(H,17,19). The maximum Gasteiger partial charge on any atom is 0.236 e. The van der Waals surface area contributed by atoms with Gasteiger partial charge in [0.15, 0.2) is 0 Å². The molecule has 0 aliphatic carbocycles. The number of amides is 1. The van der Waals surface area contributed by atoms with Gasteiger partial charge in [0.25, 0.3) is 0 Å². The van der Waals surface area contributed by atoms with E-state index in [1.54, 1.807) is 0 Å². The number of carbonyl (C=O) groups is 1. The zero-order chi connectivity index (χ0) is 14.3. The Morgan fingerprint density at radius 2 is 2.00 bits per heavy atom. The molecule has 3 unspecified atom stereocenters. The molecule has 1 amide bonds. The highest BCUT2D eigenvalue weighted by molar-refractivity contribution is 5.81. The Morgan fingerprint density at radius 1 is 1.37 bits per heavy atom. The minimum Gasteiger partial charge on any atom is -0.355 e. The van der Waals surface area contributed by atoms with Crippen LogP contribution >= 0.6 is 0 Å². The molecule has 0 aromatic rings. The molecule has 4 nitrogen and oxygen atoms in total. The lowest BCUT2D eigenvalue weighted by Crippen LogP contribution is -2.42. The molecule has 0 radical (unpaired) electrons. The molecule has 1 aliphatic heterocycles. The number of likely N-dealkylation sites (tertiary alicyclic amines) is 1. The van der Waals surface area contributed by atoms with Gasteiger partial charge in [-0.2, -0.15) is 0 Å². The summed E-state index contributed by atoms with van der Waals surface area (Å²) in [6.07, 6.45) is 4.09. The van der Waals surface area contributed by atoms with Crippen LogP contribution in [-0.4, -0.2) is 43.0 Å². The molecule has 1 aliphatic rings. The van der Waals surface area contributed by atoms with Gasteiger partial charge in [0.1, 0.15) is 0 Å². The summed E-state index contributed by atoms with van der Waals surface area (Å²) in [5, 5.41) is 2.94. The van der Waals surface area contributed by atoms with Crippen LogP contribution in [0.4, 0.5) is 0 Å². The van der Waals surface area contributed by atoms with Gasteiger partial charge in [0.2, 0.25) is 5.91 Å². The van der Waals surface area contributed by atoms with E-state index in [4.69, 9.17) is 5.73 Å². The first-order chi connectivity index (χ1) is 9.02. The van der Waals surface area contributed by atoms with E-state index in [2.05, 4.69) is 24.1 Å². The third-order valence-corrected chi connectivity index (χ3v) is 3.83. The molecule has 0 saturated carbocycles.